The van der Waals surface area contributed by atoms with Crippen molar-refractivity contribution < 1.29 is 4.79 Å². The van der Waals surface area contributed by atoms with Gasteiger partial charge in [0.1, 0.15) is 0 Å². The predicted octanol–water partition coefficient (Wildman–Crippen LogP) is 0.681. The Morgan fingerprint density at radius 2 is 2.31 bits per heavy atom. The summed E-state index contributed by atoms with van der Waals surface area (Å²) in [5.74, 6) is 1.04. The van der Waals surface area contributed by atoms with Gasteiger partial charge in [-0.25, -0.2) is 0 Å². The molecule has 1 saturated carbocycles. The van der Waals surface area contributed by atoms with Crippen LogP contribution in [0.4, 0.5) is 0 Å². The molecule has 4 heteroatoms. The average Bonchev–Trinajstić information content (AvgIpc) is 2.76. The molecule has 3 atom stereocenters. The monoisotopic (exact) mass is 200 g/mol. The molecule has 1 rings (SSSR count). The summed E-state index contributed by atoms with van der Waals surface area (Å²) in [6.07, 6.45) is 1.22. The zero-order chi connectivity index (χ0) is 10.0. The van der Waals surface area contributed by atoms with E-state index in [1.54, 1.807) is 6.92 Å². The largest absolute Gasteiger partial charge is 0.393 e. The Morgan fingerprint density at radius 1 is 1.77 bits per heavy atom. The van der Waals surface area contributed by atoms with Crippen molar-refractivity contribution in [3.63, 3.8) is 0 Å². The first-order chi connectivity index (χ1) is 6.02. The van der Waals surface area contributed by atoms with Crippen molar-refractivity contribution in [3.05, 3.63) is 0 Å². The minimum atomic E-state index is -0.343. The number of carbonyl (C=O) groups is 1. The third-order valence-electron chi connectivity index (χ3n) is 2.63. The van der Waals surface area contributed by atoms with Crippen LogP contribution in [0.25, 0.3) is 0 Å². The van der Waals surface area contributed by atoms with Crippen LogP contribution in [0.3, 0.4) is 0 Å². The first-order valence-electron chi connectivity index (χ1n) is 4.59. The molecular weight excluding hydrogens is 184 g/mol. The Bertz CT molecular complexity index is 230. The smallest absolute Gasteiger partial charge is 0.229 e. The Balaban J connectivity index is 2.21. The predicted molar refractivity (Wildman–Crippen MR) is 56.2 cm³/mol. The summed E-state index contributed by atoms with van der Waals surface area (Å²) in [5, 5.41) is 2.85. The second-order valence-corrected chi connectivity index (χ2v) is 4.31. The van der Waals surface area contributed by atoms with Gasteiger partial charge in [0, 0.05) is 6.54 Å². The normalized spacial score (nSPS) is 27.8. The van der Waals surface area contributed by atoms with Crippen molar-refractivity contribution in [2.45, 2.75) is 20.3 Å². The third kappa shape index (κ3) is 2.95. The zero-order valence-electron chi connectivity index (χ0n) is 8.04. The SMILES string of the molecule is CC(C(=O)NCC1CC1C)C(N)=S. The van der Waals surface area contributed by atoms with Crippen LogP contribution >= 0.6 is 12.2 Å². The van der Waals surface area contributed by atoms with E-state index >= 15 is 0 Å². The quantitative estimate of drug-likeness (QED) is 0.656. The van der Waals surface area contributed by atoms with Gasteiger partial charge in [0.2, 0.25) is 5.91 Å². The molecular formula is C9H16N2OS. The van der Waals surface area contributed by atoms with E-state index in [1.165, 1.54) is 6.42 Å². The molecule has 0 aromatic rings. The van der Waals surface area contributed by atoms with Crippen LogP contribution in [0.5, 0.6) is 0 Å². The van der Waals surface area contributed by atoms with Crippen molar-refractivity contribution in [3.8, 4) is 0 Å². The highest BCUT2D eigenvalue weighted by Gasteiger charge is 2.32. The van der Waals surface area contributed by atoms with Gasteiger partial charge in [-0.1, -0.05) is 19.1 Å². The van der Waals surface area contributed by atoms with Gasteiger partial charge in [-0.3, -0.25) is 4.79 Å². The van der Waals surface area contributed by atoms with Crippen molar-refractivity contribution >= 4 is 23.1 Å². The fraction of sp³-hybridized carbons (Fsp3) is 0.778. The lowest BCUT2D eigenvalue weighted by molar-refractivity contribution is -0.122. The van der Waals surface area contributed by atoms with Crippen LogP contribution in [0.2, 0.25) is 0 Å². The van der Waals surface area contributed by atoms with E-state index in [-0.39, 0.29) is 16.8 Å². The van der Waals surface area contributed by atoms with Crippen molar-refractivity contribution in [1.82, 2.24) is 5.32 Å². The first kappa shape index (κ1) is 10.4. The first-order valence-corrected chi connectivity index (χ1v) is 5.00. The molecule has 0 aromatic heterocycles. The van der Waals surface area contributed by atoms with E-state index in [4.69, 9.17) is 18.0 Å². The molecule has 1 aliphatic carbocycles. The van der Waals surface area contributed by atoms with Gasteiger partial charge in [-0.05, 0) is 25.2 Å². The van der Waals surface area contributed by atoms with E-state index < -0.39 is 0 Å². The van der Waals surface area contributed by atoms with Crippen molar-refractivity contribution in [2.75, 3.05) is 6.54 Å². The highest BCUT2D eigenvalue weighted by molar-refractivity contribution is 7.80. The molecule has 1 fully saturated rings. The number of hydrogen-bond acceptors (Lipinski definition) is 2. The van der Waals surface area contributed by atoms with Crippen molar-refractivity contribution in [2.24, 2.45) is 23.5 Å². The number of carbonyl (C=O) groups excluding carboxylic acids is 1. The van der Waals surface area contributed by atoms with Crippen LogP contribution in [0, 0.1) is 17.8 Å². The molecule has 3 N–H and O–H groups in total. The summed E-state index contributed by atoms with van der Waals surface area (Å²) in [4.78, 5) is 11.6. The molecule has 0 aliphatic heterocycles. The summed E-state index contributed by atoms with van der Waals surface area (Å²) in [5.41, 5.74) is 5.36. The summed E-state index contributed by atoms with van der Waals surface area (Å²) >= 11 is 4.73. The molecule has 0 radical (unpaired) electrons. The summed E-state index contributed by atoms with van der Waals surface area (Å²) in [6, 6.07) is 0. The lowest BCUT2D eigenvalue weighted by atomic mass is 10.1. The molecule has 0 saturated heterocycles. The number of nitrogens with two attached hydrogens (primary N) is 1. The molecule has 0 heterocycles. The highest BCUT2D eigenvalue weighted by Crippen LogP contribution is 2.36. The molecule has 3 nitrogen and oxygen atoms in total. The molecule has 0 spiro atoms. The molecule has 0 aromatic carbocycles. The molecule has 13 heavy (non-hydrogen) atoms. The van der Waals surface area contributed by atoms with E-state index in [9.17, 15) is 4.79 Å². The third-order valence-corrected chi connectivity index (χ3v) is 2.99. The number of nitrogens with one attached hydrogen (secondary N) is 1. The molecule has 0 bridgehead atoms. The zero-order valence-corrected chi connectivity index (χ0v) is 8.86. The Labute approximate surface area is 84.1 Å². The van der Waals surface area contributed by atoms with Gasteiger partial charge in [0.05, 0.1) is 10.9 Å². The number of amides is 1. The lowest BCUT2D eigenvalue weighted by Gasteiger charge is -2.09. The standard InChI is InChI=1S/C9H16N2OS/c1-5-3-7(5)4-11-9(12)6(2)8(10)13/h5-7H,3-4H2,1-2H3,(H2,10,13)(H,11,12). The molecule has 74 valence electrons. The minimum Gasteiger partial charge on any atom is -0.393 e. The highest BCUT2D eigenvalue weighted by atomic mass is 32.1. The van der Waals surface area contributed by atoms with Crippen LogP contribution < -0.4 is 11.1 Å². The number of rotatable bonds is 4. The number of hydrogen-bond donors (Lipinski definition) is 2. The lowest BCUT2D eigenvalue weighted by Crippen LogP contribution is -2.37. The number of thiocarbonyl (C=S) groups is 1. The van der Waals surface area contributed by atoms with Gasteiger partial charge in [-0.15, -0.1) is 0 Å². The second-order valence-electron chi connectivity index (χ2n) is 3.84. The van der Waals surface area contributed by atoms with E-state index in [1.807, 2.05) is 0 Å². The van der Waals surface area contributed by atoms with Crippen LogP contribution in [0.15, 0.2) is 0 Å². The van der Waals surface area contributed by atoms with Gasteiger partial charge in [0.15, 0.2) is 0 Å². The van der Waals surface area contributed by atoms with E-state index in [0.717, 1.165) is 12.5 Å². The van der Waals surface area contributed by atoms with Crippen LogP contribution in [-0.4, -0.2) is 17.4 Å². The van der Waals surface area contributed by atoms with E-state index in [0.29, 0.717) is 5.92 Å². The van der Waals surface area contributed by atoms with Gasteiger partial charge in [-0.2, -0.15) is 0 Å². The fourth-order valence-corrected chi connectivity index (χ4v) is 1.30. The summed E-state index contributed by atoms with van der Waals surface area (Å²) in [7, 11) is 0. The maximum absolute atomic E-state index is 11.3. The summed E-state index contributed by atoms with van der Waals surface area (Å²) in [6.45, 7) is 4.69. The second kappa shape index (κ2) is 4.05. The van der Waals surface area contributed by atoms with Crippen LogP contribution in [-0.2, 0) is 4.79 Å². The van der Waals surface area contributed by atoms with Gasteiger partial charge in [0.25, 0.3) is 0 Å². The maximum atomic E-state index is 11.3. The van der Waals surface area contributed by atoms with Crippen LogP contribution in [0.1, 0.15) is 20.3 Å². The minimum absolute atomic E-state index is 0.0494. The average molecular weight is 200 g/mol. The summed E-state index contributed by atoms with van der Waals surface area (Å²) < 4.78 is 0. The van der Waals surface area contributed by atoms with Crippen molar-refractivity contribution in [1.29, 1.82) is 0 Å². The fourth-order valence-electron chi connectivity index (χ4n) is 1.20. The van der Waals surface area contributed by atoms with Gasteiger partial charge >= 0.3 is 0 Å². The Hall–Kier alpha value is -0.640. The Kier molecular flexibility index (Phi) is 3.25. The topological polar surface area (TPSA) is 55.1 Å². The van der Waals surface area contributed by atoms with Gasteiger partial charge < -0.3 is 11.1 Å². The molecule has 3 unspecified atom stereocenters. The Morgan fingerprint density at radius 3 is 2.69 bits per heavy atom. The molecule has 1 aliphatic rings. The maximum Gasteiger partial charge on any atom is 0.229 e. The van der Waals surface area contributed by atoms with E-state index in [2.05, 4.69) is 12.2 Å². The molecule has 1 amide bonds.